The van der Waals surface area contributed by atoms with Crippen LogP contribution in [0.25, 0.3) is 0 Å². The van der Waals surface area contributed by atoms with Crippen LogP contribution in [0.3, 0.4) is 0 Å². The monoisotopic (exact) mass is 382 g/mol. The number of unbranched alkanes of at least 4 members (excludes halogenated alkanes) is 8. The fourth-order valence-corrected chi connectivity index (χ4v) is 3.40. The van der Waals surface area contributed by atoms with Crippen molar-refractivity contribution in [3.05, 3.63) is 0 Å². The molecular formula is C19H37F3O2Si. The molecule has 0 aromatic carbocycles. The van der Waals surface area contributed by atoms with E-state index in [2.05, 4.69) is 33.9 Å². The van der Waals surface area contributed by atoms with Gasteiger partial charge in [0.15, 0.2) is 8.32 Å². The van der Waals surface area contributed by atoms with Crippen LogP contribution in [0.5, 0.6) is 0 Å². The highest BCUT2D eigenvalue weighted by atomic mass is 28.4. The van der Waals surface area contributed by atoms with Gasteiger partial charge in [-0.1, -0.05) is 65.7 Å². The molecule has 0 unspecified atom stereocenters. The number of ketones is 1. The van der Waals surface area contributed by atoms with Gasteiger partial charge in [0.2, 0.25) is 5.78 Å². The summed E-state index contributed by atoms with van der Waals surface area (Å²) in [6.45, 7) is 12.1. The zero-order valence-electron chi connectivity index (χ0n) is 16.7. The highest BCUT2D eigenvalue weighted by molar-refractivity contribution is 6.74. The third-order valence-corrected chi connectivity index (χ3v) is 9.67. The summed E-state index contributed by atoms with van der Waals surface area (Å²) in [5, 5.41) is 0.262. The third kappa shape index (κ3) is 11.8. The third-order valence-electron chi connectivity index (χ3n) is 5.13. The first-order chi connectivity index (χ1) is 11.4. The van der Waals surface area contributed by atoms with Crippen molar-refractivity contribution in [3.8, 4) is 0 Å². The van der Waals surface area contributed by atoms with Crippen LogP contribution in [0.15, 0.2) is 0 Å². The minimum absolute atomic E-state index is 0.262. The molecule has 0 aliphatic rings. The maximum Gasteiger partial charge on any atom is 0.449 e. The number of rotatable bonds is 13. The van der Waals surface area contributed by atoms with E-state index in [1.54, 1.807) is 0 Å². The van der Waals surface area contributed by atoms with Crippen LogP contribution >= 0.6 is 0 Å². The normalized spacial score (nSPS) is 13.3. The molecule has 0 N–H and O–H groups in total. The van der Waals surface area contributed by atoms with Gasteiger partial charge in [-0.3, -0.25) is 4.79 Å². The first-order valence-electron chi connectivity index (χ1n) is 9.62. The Kier molecular flexibility index (Phi) is 11.2. The van der Waals surface area contributed by atoms with Gasteiger partial charge < -0.3 is 4.43 Å². The molecule has 150 valence electrons. The predicted molar refractivity (Wildman–Crippen MR) is 100 cm³/mol. The van der Waals surface area contributed by atoms with Crippen LogP contribution in [-0.2, 0) is 9.22 Å². The highest BCUT2D eigenvalue weighted by Gasteiger charge is 2.37. The second-order valence-electron chi connectivity index (χ2n) is 8.46. The summed E-state index contributed by atoms with van der Waals surface area (Å²) in [6, 6.07) is 0. The molecular weight excluding hydrogens is 345 g/mol. The average molecular weight is 383 g/mol. The standard InChI is InChI=1S/C19H37F3O2Si/c1-18(2,3)25(4,5)24-16-14-12-10-8-6-7-9-11-13-15-17(23)19(20,21)22/h6-16H2,1-5H3. The van der Waals surface area contributed by atoms with Crippen LogP contribution in [0, 0.1) is 0 Å². The quantitative estimate of drug-likeness (QED) is 0.252. The summed E-state index contributed by atoms with van der Waals surface area (Å²) in [5.74, 6) is -1.59. The van der Waals surface area contributed by atoms with Crippen LogP contribution in [0.4, 0.5) is 13.2 Å². The number of Topliss-reactive ketones (excluding diaryl/α,β-unsaturated/α-hetero) is 1. The van der Waals surface area contributed by atoms with Gasteiger partial charge in [0.25, 0.3) is 0 Å². The summed E-state index contributed by atoms with van der Waals surface area (Å²) in [6.07, 6.45) is 3.75. The topological polar surface area (TPSA) is 26.3 Å². The molecule has 0 heterocycles. The molecule has 0 fully saturated rings. The van der Waals surface area contributed by atoms with Crippen molar-refractivity contribution in [1.82, 2.24) is 0 Å². The molecule has 0 spiro atoms. The lowest BCUT2D eigenvalue weighted by Gasteiger charge is -2.36. The molecule has 6 heteroatoms. The number of halogens is 3. The molecule has 0 saturated heterocycles. The first-order valence-corrected chi connectivity index (χ1v) is 12.5. The fraction of sp³-hybridized carbons (Fsp3) is 0.947. The number of hydrogen-bond donors (Lipinski definition) is 0. The summed E-state index contributed by atoms with van der Waals surface area (Å²) < 4.78 is 42.2. The molecule has 0 bridgehead atoms. The van der Waals surface area contributed by atoms with Crippen molar-refractivity contribution < 1.29 is 22.4 Å². The highest BCUT2D eigenvalue weighted by Crippen LogP contribution is 2.36. The van der Waals surface area contributed by atoms with E-state index in [1.165, 1.54) is 19.3 Å². The molecule has 0 radical (unpaired) electrons. The molecule has 25 heavy (non-hydrogen) atoms. The smallest absolute Gasteiger partial charge is 0.417 e. The van der Waals surface area contributed by atoms with E-state index in [9.17, 15) is 18.0 Å². The maximum absolute atomic E-state index is 12.0. The molecule has 0 aromatic rings. The lowest BCUT2D eigenvalue weighted by atomic mass is 10.1. The largest absolute Gasteiger partial charge is 0.449 e. The Morgan fingerprint density at radius 3 is 1.60 bits per heavy atom. The summed E-state index contributed by atoms with van der Waals surface area (Å²) in [4.78, 5) is 10.7. The molecule has 0 saturated carbocycles. The molecule has 0 aliphatic heterocycles. The van der Waals surface area contributed by atoms with Crippen LogP contribution in [0.2, 0.25) is 18.1 Å². The van der Waals surface area contributed by atoms with E-state index in [4.69, 9.17) is 4.43 Å². The molecule has 0 rings (SSSR count). The van der Waals surface area contributed by atoms with Crippen LogP contribution in [-0.4, -0.2) is 26.9 Å². The number of carbonyl (C=O) groups excluding carboxylic acids is 1. The molecule has 0 aliphatic carbocycles. The van der Waals surface area contributed by atoms with Crippen LogP contribution < -0.4 is 0 Å². The van der Waals surface area contributed by atoms with Gasteiger partial charge in [-0.2, -0.15) is 13.2 Å². The zero-order valence-corrected chi connectivity index (χ0v) is 17.7. The van der Waals surface area contributed by atoms with Gasteiger partial charge in [0, 0.05) is 13.0 Å². The van der Waals surface area contributed by atoms with E-state index in [1.807, 2.05) is 0 Å². The van der Waals surface area contributed by atoms with E-state index in [0.29, 0.717) is 12.8 Å². The van der Waals surface area contributed by atoms with E-state index in [0.717, 1.165) is 32.3 Å². The second-order valence-corrected chi connectivity index (χ2v) is 13.3. The lowest BCUT2D eigenvalue weighted by Crippen LogP contribution is -2.40. The van der Waals surface area contributed by atoms with Gasteiger partial charge in [0.05, 0.1) is 0 Å². The summed E-state index contributed by atoms with van der Waals surface area (Å²) >= 11 is 0. The van der Waals surface area contributed by atoms with Gasteiger partial charge in [-0.05, 0) is 31.0 Å². The van der Waals surface area contributed by atoms with Gasteiger partial charge in [0.1, 0.15) is 0 Å². The van der Waals surface area contributed by atoms with Crippen molar-refractivity contribution in [3.63, 3.8) is 0 Å². The second kappa shape index (κ2) is 11.4. The number of alkyl halides is 3. The van der Waals surface area contributed by atoms with Crippen molar-refractivity contribution in [2.24, 2.45) is 0 Å². The fourth-order valence-electron chi connectivity index (χ4n) is 2.31. The van der Waals surface area contributed by atoms with Crippen molar-refractivity contribution in [2.45, 2.75) is 109 Å². The predicted octanol–water partition coefficient (Wildman–Crippen LogP) is 7.04. The number of carbonyl (C=O) groups is 1. The SMILES string of the molecule is CC(C)(C)[Si](C)(C)OCCCCCCCCCCCC(=O)C(F)(F)F. The Labute approximate surface area is 153 Å². The molecule has 2 nitrogen and oxygen atoms in total. The molecule has 0 amide bonds. The Morgan fingerprint density at radius 2 is 1.20 bits per heavy atom. The summed E-state index contributed by atoms with van der Waals surface area (Å²) in [7, 11) is -1.61. The molecule has 0 atom stereocenters. The average Bonchev–Trinajstić information content (AvgIpc) is 2.45. The Hall–Kier alpha value is -0.363. The van der Waals surface area contributed by atoms with Gasteiger partial charge in [-0.25, -0.2) is 0 Å². The minimum Gasteiger partial charge on any atom is -0.417 e. The van der Waals surface area contributed by atoms with E-state index in [-0.39, 0.29) is 11.5 Å². The van der Waals surface area contributed by atoms with E-state index < -0.39 is 20.3 Å². The Morgan fingerprint density at radius 1 is 0.800 bits per heavy atom. The maximum atomic E-state index is 12.0. The van der Waals surface area contributed by atoms with Crippen molar-refractivity contribution in [1.29, 1.82) is 0 Å². The van der Waals surface area contributed by atoms with Crippen LogP contribution in [0.1, 0.15) is 85.0 Å². The summed E-state index contributed by atoms with van der Waals surface area (Å²) in [5.41, 5.74) is 0. The lowest BCUT2D eigenvalue weighted by molar-refractivity contribution is -0.171. The molecule has 0 aromatic heterocycles. The van der Waals surface area contributed by atoms with Gasteiger partial charge >= 0.3 is 6.18 Å². The minimum atomic E-state index is -4.66. The first kappa shape index (κ1) is 24.6. The van der Waals surface area contributed by atoms with Gasteiger partial charge in [-0.15, -0.1) is 0 Å². The Balaban J connectivity index is 3.42. The van der Waals surface area contributed by atoms with Crippen molar-refractivity contribution in [2.75, 3.05) is 6.61 Å². The van der Waals surface area contributed by atoms with E-state index >= 15 is 0 Å². The number of hydrogen-bond acceptors (Lipinski definition) is 2. The zero-order chi connectivity index (χ0) is 19.6. The van der Waals surface area contributed by atoms with Crippen molar-refractivity contribution >= 4 is 14.1 Å². The Bertz CT molecular complexity index is 374.